The predicted molar refractivity (Wildman–Crippen MR) is 44.4 cm³/mol. The summed E-state index contributed by atoms with van der Waals surface area (Å²) in [7, 11) is 0. The van der Waals surface area contributed by atoms with Crippen molar-refractivity contribution in [3.63, 3.8) is 0 Å². The van der Waals surface area contributed by atoms with E-state index in [1.54, 1.807) is 0 Å². The fourth-order valence-electron chi connectivity index (χ4n) is 1.15. The highest BCUT2D eigenvalue weighted by Crippen LogP contribution is 2.24. The molecule has 3 heteroatoms. The third-order valence-electron chi connectivity index (χ3n) is 1.67. The molecule has 0 fully saturated rings. The lowest BCUT2D eigenvalue weighted by atomic mass is 10.2. The Bertz CT molecular complexity index is 176. The van der Waals surface area contributed by atoms with E-state index in [1.165, 1.54) is 10.6 Å². The first-order valence-corrected chi connectivity index (χ1v) is 4.42. The molecule has 0 aromatic carbocycles. The Kier molecular flexibility index (Phi) is 1.69. The molecule has 0 saturated carbocycles. The van der Waals surface area contributed by atoms with Gasteiger partial charge in [0.1, 0.15) is 0 Å². The zero-order valence-corrected chi connectivity index (χ0v) is 6.50. The second-order valence-corrected chi connectivity index (χ2v) is 3.38. The molecular formula is C7H10N2S. The first-order chi connectivity index (χ1) is 4.97. The van der Waals surface area contributed by atoms with Crippen molar-refractivity contribution in [1.29, 1.82) is 0 Å². The van der Waals surface area contributed by atoms with Crippen molar-refractivity contribution in [2.45, 2.75) is 6.42 Å². The summed E-state index contributed by atoms with van der Waals surface area (Å²) in [5.74, 6) is 1.04. The maximum atomic E-state index is 3.32. The molecule has 0 atom stereocenters. The average molecular weight is 154 g/mol. The summed E-state index contributed by atoms with van der Waals surface area (Å²) in [6.45, 7) is 1.06. The molecule has 0 aliphatic carbocycles. The molecule has 2 aliphatic heterocycles. The Morgan fingerprint density at radius 1 is 1.50 bits per heavy atom. The van der Waals surface area contributed by atoms with Crippen molar-refractivity contribution < 1.29 is 0 Å². The molecule has 10 heavy (non-hydrogen) atoms. The third kappa shape index (κ3) is 1.07. The molecular weight excluding hydrogens is 144 g/mol. The monoisotopic (exact) mass is 154 g/mol. The molecule has 0 aromatic rings. The van der Waals surface area contributed by atoms with Crippen molar-refractivity contribution in [2.24, 2.45) is 0 Å². The van der Waals surface area contributed by atoms with Crippen LogP contribution >= 0.6 is 11.8 Å². The lowest BCUT2D eigenvalue weighted by Crippen LogP contribution is -2.26. The van der Waals surface area contributed by atoms with E-state index in [0.717, 1.165) is 18.8 Å². The van der Waals surface area contributed by atoms with Gasteiger partial charge in [0, 0.05) is 12.4 Å². The minimum atomic E-state index is 1.04. The third-order valence-corrected chi connectivity index (χ3v) is 2.72. The first-order valence-electron chi connectivity index (χ1n) is 3.44. The molecule has 0 bridgehead atoms. The number of hydrogen-bond donors (Lipinski definition) is 2. The van der Waals surface area contributed by atoms with Crippen molar-refractivity contribution >= 4 is 11.8 Å². The minimum Gasteiger partial charge on any atom is -0.357 e. The second kappa shape index (κ2) is 2.68. The van der Waals surface area contributed by atoms with Crippen molar-refractivity contribution in [3.8, 4) is 0 Å². The van der Waals surface area contributed by atoms with Crippen LogP contribution in [0.25, 0.3) is 0 Å². The minimum absolute atomic E-state index is 1.04. The maximum absolute atomic E-state index is 3.32. The Balaban J connectivity index is 2.17. The largest absolute Gasteiger partial charge is 0.357 e. The molecule has 0 spiro atoms. The number of hydrogen-bond acceptors (Lipinski definition) is 3. The highest BCUT2D eigenvalue weighted by Gasteiger charge is 2.12. The van der Waals surface area contributed by atoms with Gasteiger partial charge in [-0.1, -0.05) is 17.8 Å². The van der Waals surface area contributed by atoms with Crippen LogP contribution in [0.5, 0.6) is 0 Å². The summed E-state index contributed by atoms with van der Waals surface area (Å²) in [5.41, 5.74) is 1.50. The summed E-state index contributed by atoms with van der Waals surface area (Å²) in [6, 6.07) is 0. The topological polar surface area (TPSA) is 24.1 Å². The molecule has 2 aliphatic rings. The zero-order valence-electron chi connectivity index (χ0n) is 5.68. The van der Waals surface area contributed by atoms with Gasteiger partial charge in [0.05, 0.1) is 5.03 Å². The van der Waals surface area contributed by atoms with Crippen molar-refractivity contribution in [3.05, 3.63) is 22.9 Å². The summed E-state index contributed by atoms with van der Waals surface area (Å²) in [5, 5.41) is 7.92. The SMILES string of the molecule is C1=CNC2=C(C1)CNCS2. The van der Waals surface area contributed by atoms with Gasteiger partial charge in [-0.3, -0.25) is 0 Å². The standard InChI is InChI=1S/C7H10N2S/c1-2-6-4-8-5-10-7(6)9-3-1/h1,3,8-9H,2,4-5H2. The average Bonchev–Trinajstić information content (AvgIpc) is 2.05. The molecule has 0 aromatic heterocycles. The van der Waals surface area contributed by atoms with Crippen LogP contribution in [0.3, 0.4) is 0 Å². The van der Waals surface area contributed by atoms with Crippen LogP contribution in [-0.4, -0.2) is 12.4 Å². The lowest BCUT2D eigenvalue weighted by Gasteiger charge is -2.22. The number of dihydropyridines is 1. The van der Waals surface area contributed by atoms with E-state index in [1.807, 2.05) is 18.0 Å². The van der Waals surface area contributed by atoms with Gasteiger partial charge < -0.3 is 10.6 Å². The van der Waals surface area contributed by atoms with Crippen LogP contribution in [-0.2, 0) is 0 Å². The van der Waals surface area contributed by atoms with Crippen LogP contribution < -0.4 is 10.6 Å². The molecule has 2 N–H and O–H groups in total. The van der Waals surface area contributed by atoms with E-state index in [-0.39, 0.29) is 0 Å². The Hall–Kier alpha value is -0.410. The molecule has 0 unspecified atom stereocenters. The van der Waals surface area contributed by atoms with Crippen molar-refractivity contribution in [1.82, 2.24) is 10.6 Å². The Morgan fingerprint density at radius 2 is 2.50 bits per heavy atom. The van der Waals surface area contributed by atoms with E-state index >= 15 is 0 Å². The number of allylic oxidation sites excluding steroid dienone is 1. The van der Waals surface area contributed by atoms with Crippen LogP contribution in [0.4, 0.5) is 0 Å². The van der Waals surface area contributed by atoms with Gasteiger partial charge in [-0.25, -0.2) is 0 Å². The highest BCUT2D eigenvalue weighted by atomic mass is 32.2. The van der Waals surface area contributed by atoms with Gasteiger partial charge in [0.15, 0.2) is 0 Å². The molecule has 2 rings (SSSR count). The van der Waals surface area contributed by atoms with E-state index in [0.29, 0.717) is 0 Å². The quantitative estimate of drug-likeness (QED) is 0.544. The zero-order chi connectivity index (χ0) is 6.81. The predicted octanol–water partition coefficient (Wildman–Crippen LogP) is 0.999. The fraction of sp³-hybridized carbons (Fsp3) is 0.429. The molecule has 54 valence electrons. The van der Waals surface area contributed by atoms with Crippen LogP contribution in [0.15, 0.2) is 22.9 Å². The summed E-state index contributed by atoms with van der Waals surface area (Å²) in [6.07, 6.45) is 5.30. The van der Waals surface area contributed by atoms with Gasteiger partial charge >= 0.3 is 0 Å². The lowest BCUT2D eigenvalue weighted by molar-refractivity contribution is 0.802. The van der Waals surface area contributed by atoms with E-state index in [4.69, 9.17) is 0 Å². The number of nitrogens with one attached hydrogen (secondary N) is 2. The van der Waals surface area contributed by atoms with Crippen molar-refractivity contribution in [2.75, 3.05) is 12.4 Å². The molecule has 0 amide bonds. The fourth-order valence-corrected chi connectivity index (χ4v) is 2.01. The Morgan fingerprint density at radius 3 is 3.40 bits per heavy atom. The summed E-state index contributed by atoms with van der Waals surface area (Å²) < 4.78 is 0. The number of rotatable bonds is 0. The normalized spacial score (nSPS) is 24.0. The molecule has 2 nitrogen and oxygen atoms in total. The van der Waals surface area contributed by atoms with Gasteiger partial charge in [0.2, 0.25) is 0 Å². The van der Waals surface area contributed by atoms with E-state index in [9.17, 15) is 0 Å². The molecule has 0 saturated heterocycles. The Labute approximate surface area is 64.8 Å². The first kappa shape index (κ1) is 6.31. The van der Waals surface area contributed by atoms with Crippen LogP contribution in [0, 0.1) is 0 Å². The number of thioether (sulfide) groups is 1. The van der Waals surface area contributed by atoms with E-state index in [2.05, 4.69) is 16.7 Å². The highest BCUT2D eigenvalue weighted by molar-refractivity contribution is 8.03. The maximum Gasteiger partial charge on any atom is 0.0741 e. The molecule has 0 radical (unpaired) electrons. The van der Waals surface area contributed by atoms with Crippen LogP contribution in [0.1, 0.15) is 6.42 Å². The van der Waals surface area contributed by atoms with Crippen LogP contribution in [0.2, 0.25) is 0 Å². The second-order valence-electron chi connectivity index (χ2n) is 2.40. The summed E-state index contributed by atoms with van der Waals surface area (Å²) in [4.78, 5) is 0. The van der Waals surface area contributed by atoms with E-state index < -0.39 is 0 Å². The van der Waals surface area contributed by atoms with Gasteiger partial charge in [0.25, 0.3) is 0 Å². The van der Waals surface area contributed by atoms with Gasteiger partial charge in [-0.05, 0) is 18.2 Å². The molecule has 2 heterocycles. The van der Waals surface area contributed by atoms with Gasteiger partial charge in [-0.15, -0.1) is 0 Å². The van der Waals surface area contributed by atoms with Gasteiger partial charge in [-0.2, -0.15) is 0 Å². The summed E-state index contributed by atoms with van der Waals surface area (Å²) >= 11 is 1.85. The smallest absolute Gasteiger partial charge is 0.0741 e.